The first-order valence-corrected chi connectivity index (χ1v) is 5.77. The van der Waals surface area contributed by atoms with Crippen molar-refractivity contribution in [2.45, 2.75) is 67.7 Å². The Hall–Kier alpha value is 0. The Labute approximate surface area is 85.1 Å². The van der Waals surface area contributed by atoms with E-state index in [2.05, 4.69) is 48.5 Å². The normalized spacial score (nSPS) is 15.9. The average Bonchev–Trinajstić information content (AvgIpc) is 2.03. The minimum atomic E-state index is 0.469. The van der Waals surface area contributed by atoms with Gasteiger partial charge in [-0.05, 0) is 23.2 Å². The molecule has 0 aliphatic rings. The highest BCUT2D eigenvalue weighted by Gasteiger charge is 2.35. The Bertz CT molecular complexity index is 142. The van der Waals surface area contributed by atoms with Crippen molar-refractivity contribution in [1.82, 2.24) is 0 Å². The molecule has 0 amide bonds. The SMILES string of the molecule is CCC(C)CC(C)(C)C(C)(C)CC. The lowest BCUT2D eigenvalue weighted by molar-refractivity contribution is 0.0752. The Kier molecular flexibility index (Phi) is 4.48. The van der Waals surface area contributed by atoms with Crippen molar-refractivity contribution in [3.05, 3.63) is 0 Å². The van der Waals surface area contributed by atoms with Gasteiger partial charge in [-0.1, -0.05) is 61.3 Å². The van der Waals surface area contributed by atoms with Gasteiger partial charge in [-0.2, -0.15) is 0 Å². The maximum absolute atomic E-state index is 2.42. The van der Waals surface area contributed by atoms with Crippen molar-refractivity contribution in [3.8, 4) is 0 Å². The van der Waals surface area contributed by atoms with E-state index in [9.17, 15) is 0 Å². The molecule has 0 aliphatic carbocycles. The van der Waals surface area contributed by atoms with E-state index >= 15 is 0 Å². The fourth-order valence-corrected chi connectivity index (χ4v) is 1.77. The first-order chi connectivity index (χ1) is 5.77. The summed E-state index contributed by atoms with van der Waals surface area (Å²) in [5, 5.41) is 0. The molecule has 0 aliphatic heterocycles. The summed E-state index contributed by atoms with van der Waals surface area (Å²) in [4.78, 5) is 0. The lowest BCUT2D eigenvalue weighted by Crippen LogP contribution is -2.33. The number of hydrogen-bond donors (Lipinski definition) is 0. The zero-order valence-corrected chi connectivity index (χ0v) is 10.7. The monoisotopic (exact) mass is 184 g/mol. The second-order valence-corrected chi connectivity index (χ2v) is 5.84. The van der Waals surface area contributed by atoms with Crippen molar-refractivity contribution in [1.29, 1.82) is 0 Å². The molecule has 80 valence electrons. The van der Waals surface area contributed by atoms with Gasteiger partial charge in [0, 0.05) is 0 Å². The summed E-state index contributed by atoms with van der Waals surface area (Å²) in [5.41, 5.74) is 0.938. The third-order valence-corrected chi connectivity index (χ3v) is 4.27. The van der Waals surface area contributed by atoms with Crippen molar-refractivity contribution in [3.63, 3.8) is 0 Å². The van der Waals surface area contributed by atoms with Crippen LogP contribution in [0.5, 0.6) is 0 Å². The molecule has 1 unspecified atom stereocenters. The standard InChI is InChI=1S/C13H28/c1-8-11(3)10-13(6,7)12(4,5)9-2/h11H,8-10H2,1-7H3. The van der Waals surface area contributed by atoms with E-state index in [0.29, 0.717) is 10.8 Å². The van der Waals surface area contributed by atoms with Crippen LogP contribution < -0.4 is 0 Å². The van der Waals surface area contributed by atoms with Gasteiger partial charge in [0.1, 0.15) is 0 Å². The zero-order valence-electron chi connectivity index (χ0n) is 10.7. The largest absolute Gasteiger partial charge is 0.0651 e. The summed E-state index contributed by atoms with van der Waals surface area (Å²) in [7, 11) is 0. The van der Waals surface area contributed by atoms with Crippen LogP contribution in [0.2, 0.25) is 0 Å². The topological polar surface area (TPSA) is 0 Å². The molecule has 0 bridgehead atoms. The van der Waals surface area contributed by atoms with E-state index in [1.807, 2.05) is 0 Å². The van der Waals surface area contributed by atoms with Crippen LogP contribution in [0.1, 0.15) is 67.7 Å². The Morgan fingerprint density at radius 3 is 1.69 bits per heavy atom. The van der Waals surface area contributed by atoms with Crippen molar-refractivity contribution >= 4 is 0 Å². The average molecular weight is 184 g/mol. The van der Waals surface area contributed by atoms with Gasteiger partial charge >= 0.3 is 0 Å². The van der Waals surface area contributed by atoms with E-state index in [4.69, 9.17) is 0 Å². The Morgan fingerprint density at radius 1 is 0.923 bits per heavy atom. The second-order valence-electron chi connectivity index (χ2n) is 5.84. The van der Waals surface area contributed by atoms with Gasteiger partial charge in [0.2, 0.25) is 0 Å². The number of rotatable bonds is 5. The van der Waals surface area contributed by atoms with Crippen molar-refractivity contribution in [2.24, 2.45) is 16.7 Å². The molecule has 13 heavy (non-hydrogen) atoms. The minimum absolute atomic E-state index is 0.469. The van der Waals surface area contributed by atoms with Gasteiger partial charge in [-0.25, -0.2) is 0 Å². The molecular weight excluding hydrogens is 156 g/mol. The van der Waals surface area contributed by atoms with Gasteiger partial charge in [-0.3, -0.25) is 0 Å². The van der Waals surface area contributed by atoms with Crippen molar-refractivity contribution in [2.75, 3.05) is 0 Å². The molecule has 0 spiro atoms. The van der Waals surface area contributed by atoms with Gasteiger partial charge in [0.25, 0.3) is 0 Å². The minimum Gasteiger partial charge on any atom is -0.0651 e. The van der Waals surface area contributed by atoms with Crippen LogP contribution in [0.25, 0.3) is 0 Å². The van der Waals surface area contributed by atoms with E-state index in [1.165, 1.54) is 19.3 Å². The summed E-state index contributed by atoms with van der Waals surface area (Å²) >= 11 is 0. The van der Waals surface area contributed by atoms with E-state index in [0.717, 1.165) is 5.92 Å². The summed E-state index contributed by atoms with van der Waals surface area (Å²) in [6, 6.07) is 0. The van der Waals surface area contributed by atoms with E-state index in [1.54, 1.807) is 0 Å². The van der Waals surface area contributed by atoms with Crippen LogP contribution in [0.15, 0.2) is 0 Å². The molecule has 0 N–H and O–H groups in total. The van der Waals surface area contributed by atoms with Crippen LogP contribution in [0.3, 0.4) is 0 Å². The van der Waals surface area contributed by atoms with E-state index in [-0.39, 0.29) is 0 Å². The molecule has 0 heteroatoms. The maximum Gasteiger partial charge on any atom is -0.0301 e. The van der Waals surface area contributed by atoms with Gasteiger partial charge in [-0.15, -0.1) is 0 Å². The maximum atomic E-state index is 2.42. The lowest BCUT2D eigenvalue weighted by atomic mass is 9.63. The highest BCUT2D eigenvalue weighted by molar-refractivity contribution is 4.85. The molecule has 0 rings (SSSR count). The second kappa shape index (κ2) is 4.48. The molecule has 0 aromatic rings. The molecule has 0 radical (unpaired) electrons. The quantitative estimate of drug-likeness (QED) is 0.571. The fraction of sp³-hybridized carbons (Fsp3) is 1.00. The Balaban J connectivity index is 4.38. The third kappa shape index (κ3) is 3.32. The predicted octanol–water partition coefficient (Wildman–Crippen LogP) is 4.89. The summed E-state index contributed by atoms with van der Waals surface area (Å²) in [6.45, 7) is 16.6. The molecule has 0 aromatic heterocycles. The zero-order chi connectivity index (χ0) is 10.7. The smallest absolute Gasteiger partial charge is 0.0301 e. The third-order valence-electron chi connectivity index (χ3n) is 4.27. The number of hydrogen-bond acceptors (Lipinski definition) is 0. The summed E-state index contributed by atoms with van der Waals surface area (Å²) in [5.74, 6) is 0.862. The fourth-order valence-electron chi connectivity index (χ4n) is 1.77. The summed E-state index contributed by atoms with van der Waals surface area (Å²) in [6.07, 6.45) is 3.93. The van der Waals surface area contributed by atoms with Gasteiger partial charge < -0.3 is 0 Å². The summed E-state index contributed by atoms with van der Waals surface area (Å²) < 4.78 is 0. The van der Waals surface area contributed by atoms with Crippen LogP contribution in [-0.4, -0.2) is 0 Å². The molecule has 0 saturated carbocycles. The first kappa shape index (κ1) is 13.0. The molecule has 0 saturated heterocycles. The van der Waals surface area contributed by atoms with Gasteiger partial charge in [0.05, 0.1) is 0 Å². The molecule has 1 atom stereocenters. The highest BCUT2D eigenvalue weighted by atomic mass is 14.4. The van der Waals surface area contributed by atoms with Crippen LogP contribution in [0, 0.1) is 16.7 Å². The molecule has 0 heterocycles. The van der Waals surface area contributed by atoms with Crippen LogP contribution in [-0.2, 0) is 0 Å². The van der Waals surface area contributed by atoms with Crippen molar-refractivity contribution < 1.29 is 0 Å². The molecule has 0 fully saturated rings. The first-order valence-electron chi connectivity index (χ1n) is 5.77. The van der Waals surface area contributed by atoms with Crippen LogP contribution >= 0.6 is 0 Å². The van der Waals surface area contributed by atoms with Gasteiger partial charge in [0.15, 0.2) is 0 Å². The lowest BCUT2D eigenvalue weighted by Gasteiger charge is -2.43. The molecule has 0 aromatic carbocycles. The molecular formula is C13H28. The highest BCUT2D eigenvalue weighted by Crippen LogP contribution is 2.45. The molecule has 0 nitrogen and oxygen atoms in total. The predicted molar refractivity (Wildman–Crippen MR) is 61.9 cm³/mol. The van der Waals surface area contributed by atoms with Crippen LogP contribution in [0.4, 0.5) is 0 Å². The van der Waals surface area contributed by atoms with E-state index < -0.39 is 0 Å². The Morgan fingerprint density at radius 2 is 1.38 bits per heavy atom.